The van der Waals surface area contributed by atoms with Crippen molar-refractivity contribution in [3.63, 3.8) is 0 Å². The number of Topliss-reactive ketones (excluding diaryl/α,β-unsaturated/α-hetero) is 1. The lowest BCUT2D eigenvalue weighted by atomic mass is 9.92. The normalized spacial score (nSPS) is 22.6. The molecule has 2 aliphatic rings. The van der Waals surface area contributed by atoms with Crippen LogP contribution in [0.5, 0.6) is 5.75 Å². The van der Waals surface area contributed by atoms with Crippen LogP contribution in [0.2, 0.25) is 0 Å². The number of nitrogens with zero attached hydrogens (tertiary/aromatic N) is 1. The van der Waals surface area contributed by atoms with Gasteiger partial charge in [0.15, 0.2) is 12.3 Å². The number of anilines is 1. The summed E-state index contributed by atoms with van der Waals surface area (Å²) in [6.45, 7) is 3.25. The summed E-state index contributed by atoms with van der Waals surface area (Å²) in [4.78, 5) is 63.1. The first-order valence-electron chi connectivity index (χ1n) is 11.5. The molecule has 0 spiro atoms. The molecule has 188 valence electrons. The Labute approximate surface area is 202 Å². The number of hydrogen-bond acceptors (Lipinski definition) is 7. The van der Waals surface area contributed by atoms with Gasteiger partial charge in [-0.15, -0.1) is 0 Å². The fourth-order valence-electron chi connectivity index (χ4n) is 4.45. The average molecular weight is 488 g/mol. The number of rotatable bonds is 8. The number of nitrogens with one attached hydrogen (secondary N) is 3. The van der Waals surface area contributed by atoms with Crippen molar-refractivity contribution in [2.24, 2.45) is 11.8 Å². The van der Waals surface area contributed by atoms with E-state index in [0.717, 1.165) is 0 Å². The molecular weight excluding hydrogens is 456 g/mol. The van der Waals surface area contributed by atoms with E-state index >= 15 is 0 Å². The molecule has 4 atom stereocenters. The number of aliphatic hydroxyl groups excluding tert-OH is 1. The van der Waals surface area contributed by atoms with Crippen LogP contribution in [0.1, 0.15) is 31.7 Å². The minimum Gasteiger partial charge on any atom is -0.495 e. The number of amides is 4. The molecule has 35 heavy (non-hydrogen) atoms. The second-order valence-electron chi connectivity index (χ2n) is 8.89. The van der Waals surface area contributed by atoms with Gasteiger partial charge in [0.05, 0.1) is 12.8 Å². The van der Waals surface area contributed by atoms with Gasteiger partial charge in [-0.25, -0.2) is 4.79 Å². The molecule has 0 aromatic heterocycles. The zero-order chi connectivity index (χ0) is 25.7. The van der Waals surface area contributed by atoms with Crippen LogP contribution in [0.4, 0.5) is 5.69 Å². The molecule has 0 radical (unpaired) electrons. The summed E-state index contributed by atoms with van der Waals surface area (Å²) in [5.74, 6) is -3.66. The van der Waals surface area contributed by atoms with E-state index in [4.69, 9.17) is 4.74 Å². The molecule has 1 unspecified atom stereocenters. The lowest BCUT2D eigenvalue weighted by molar-refractivity contribution is -0.479. The minimum absolute atomic E-state index is 0.0639. The third-order valence-electron chi connectivity index (χ3n) is 6.31. The fourth-order valence-corrected chi connectivity index (χ4v) is 4.45. The number of ether oxygens (including phenoxy) is 1. The van der Waals surface area contributed by atoms with Crippen LogP contribution in [-0.2, 0) is 24.0 Å². The van der Waals surface area contributed by atoms with Crippen molar-refractivity contribution in [1.29, 1.82) is 0 Å². The van der Waals surface area contributed by atoms with E-state index < -0.39 is 48.1 Å². The SMILES string of the molecule is COc1cccc(C)c1NC(=O)C(=O)N[C@H]1CC(C)C=[N+]([C@@H](C[C@@H]2CCNC2=O)C(=O)CO)C1=O. The number of para-hydroxylation sites is 1. The summed E-state index contributed by atoms with van der Waals surface area (Å²) in [7, 11) is 1.44. The van der Waals surface area contributed by atoms with E-state index in [0.29, 0.717) is 30.0 Å². The molecule has 2 aliphatic heterocycles. The first kappa shape index (κ1) is 26.0. The van der Waals surface area contributed by atoms with Gasteiger partial charge in [0.2, 0.25) is 17.7 Å². The summed E-state index contributed by atoms with van der Waals surface area (Å²) < 4.78 is 6.43. The van der Waals surface area contributed by atoms with Crippen molar-refractivity contribution >= 4 is 41.3 Å². The van der Waals surface area contributed by atoms with Gasteiger partial charge >= 0.3 is 17.7 Å². The summed E-state index contributed by atoms with van der Waals surface area (Å²) in [6, 6.07) is 3.03. The van der Waals surface area contributed by atoms with E-state index in [1.807, 2.05) is 0 Å². The number of aryl methyl sites for hydroxylation is 1. The summed E-state index contributed by atoms with van der Waals surface area (Å²) in [5.41, 5.74) is 1.03. The largest absolute Gasteiger partial charge is 0.495 e. The first-order chi connectivity index (χ1) is 16.7. The van der Waals surface area contributed by atoms with Gasteiger partial charge < -0.3 is 25.8 Å². The topological polar surface area (TPSA) is 154 Å². The molecule has 1 fully saturated rings. The van der Waals surface area contributed by atoms with E-state index in [2.05, 4.69) is 16.0 Å². The lowest BCUT2D eigenvalue weighted by Gasteiger charge is -2.25. The van der Waals surface area contributed by atoms with Gasteiger partial charge in [-0.05, 0) is 31.4 Å². The van der Waals surface area contributed by atoms with Gasteiger partial charge in [-0.2, -0.15) is 4.58 Å². The van der Waals surface area contributed by atoms with Crippen molar-refractivity contribution in [2.75, 3.05) is 25.6 Å². The van der Waals surface area contributed by atoms with Crippen molar-refractivity contribution in [1.82, 2.24) is 10.6 Å². The zero-order valence-electron chi connectivity index (χ0n) is 20.0. The molecule has 0 bridgehead atoms. The maximum atomic E-state index is 13.3. The standard InChI is InChI=1S/C24H30N4O7/c1-13-9-16(26-22(32)23(33)27-20-14(2)5-4-6-19(20)35-3)24(34)28(11-13)17(18(30)12-29)10-15-7-8-25-21(15)31/h4-6,11,13,15-17,29H,7-10,12H2,1-3H3,(H2-,25,26,27,31,32,33)/p+1/t13?,15-,16-,17-/m0/s1. The molecule has 11 nitrogen and oxygen atoms in total. The van der Waals surface area contributed by atoms with Crippen LogP contribution in [0, 0.1) is 18.8 Å². The maximum absolute atomic E-state index is 13.3. The highest BCUT2D eigenvalue weighted by Crippen LogP contribution is 2.27. The third kappa shape index (κ3) is 5.91. The molecule has 0 saturated carbocycles. The summed E-state index contributed by atoms with van der Waals surface area (Å²) in [5, 5.41) is 17.2. The maximum Gasteiger partial charge on any atom is 0.409 e. The highest BCUT2D eigenvalue weighted by Gasteiger charge is 2.45. The Balaban J connectivity index is 1.75. The minimum atomic E-state index is -1.06. The number of aliphatic hydroxyl groups is 1. The molecule has 1 aromatic rings. The second-order valence-corrected chi connectivity index (χ2v) is 8.89. The van der Waals surface area contributed by atoms with Crippen LogP contribution in [-0.4, -0.2) is 77.7 Å². The first-order valence-corrected chi connectivity index (χ1v) is 11.5. The predicted molar refractivity (Wildman–Crippen MR) is 125 cm³/mol. The smallest absolute Gasteiger partial charge is 0.409 e. The summed E-state index contributed by atoms with van der Waals surface area (Å²) in [6.07, 6.45) is 2.39. The van der Waals surface area contributed by atoms with E-state index in [9.17, 15) is 29.1 Å². The number of carbonyl (C=O) groups is 5. The molecule has 1 aromatic carbocycles. The monoisotopic (exact) mass is 487 g/mol. The van der Waals surface area contributed by atoms with E-state index in [1.54, 1.807) is 38.3 Å². The number of methoxy groups -OCH3 is 1. The van der Waals surface area contributed by atoms with Crippen LogP contribution in [0.3, 0.4) is 0 Å². The Kier molecular flexibility index (Phi) is 8.34. The molecule has 2 heterocycles. The van der Waals surface area contributed by atoms with Gasteiger partial charge in [0.1, 0.15) is 12.4 Å². The molecule has 11 heteroatoms. The van der Waals surface area contributed by atoms with E-state index in [1.165, 1.54) is 11.7 Å². The van der Waals surface area contributed by atoms with Gasteiger partial charge in [-0.1, -0.05) is 19.1 Å². The molecular formula is C24H31N4O7+. The fraction of sp³-hybridized carbons (Fsp3) is 0.500. The summed E-state index contributed by atoms with van der Waals surface area (Å²) >= 11 is 0. The quantitative estimate of drug-likeness (QED) is 0.286. The number of hydrogen-bond donors (Lipinski definition) is 4. The Hall–Kier alpha value is -3.60. The predicted octanol–water partition coefficient (Wildman–Crippen LogP) is -0.467. The van der Waals surface area contributed by atoms with Crippen LogP contribution >= 0.6 is 0 Å². The highest BCUT2D eigenvalue weighted by atomic mass is 16.5. The van der Waals surface area contributed by atoms with Gasteiger partial charge in [0, 0.05) is 24.8 Å². The number of ketones is 1. The average Bonchev–Trinajstić information content (AvgIpc) is 3.24. The molecule has 0 aliphatic carbocycles. The number of carbonyl (C=O) groups excluding carboxylic acids is 5. The van der Waals surface area contributed by atoms with Crippen molar-refractivity contribution < 1.29 is 38.4 Å². The van der Waals surface area contributed by atoms with Crippen LogP contribution < -0.4 is 20.7 Å². The zero-order valence-corrected chi connectivity index (χ0v) is 20.0. The van der Waals surface area contributed by atoms with Crippen molar-refractivity contribution in [2.45, 2.75) is 45.2 Å². The van der Waals surface area contributed by atoms with Crippen molar-refractivity contribution in [3.05, 3.63) is 23.8 Å². The van der Waals surface area contributed by atoms with Gasteiger partial charge in [-0.3, -0.25) is 19.2 Å². The Morgan fingerprint density at radius 2 is 2.00 bits per heavy atom. The van der Waals surface area contributed by atoms with Gasteiger partial charge in [0.25, 0.3) is 0 Å². The number of benzene rings is 1. The molecule has 4 N–H and O–H groups in total. The Morgan fingerprint density at radius 3 is 2.63 bits per heavy atom. The highest BCUT2D eigenvalue weighted by molar-refractivity contribution is 6.40. The lowest BCUT2D eigenvalue weighted by Crippen LogP contribution is -2.56. The third-order valence-corrected chi connectivity index (χ3v) is 6.31. The Bertz CT molecular complexity index is 1070. The van der Waals surface area contributed by atoms with Crippen LogP contribution in [0.25, 0.3) is 0 Å². The molecule has 1 saturated heterocycles. The molecule has 4 amide bonds. The van der Waals surface area contributed by atoms with Crippen molar-refractivity contribution in [3.8, 4) is 5.75 Å². The molecule has 3 rings (SSSR count). The second kappa shape index (κ2) is 11.2. The Morgan fingerprint density at radius 1 is 1.26 bits per heavy atom. The van der Waals surface area contributed by atoms with E-state index in [-0.39, 0.29) is 24.7 Å². The van der Waals surface area contributed by atoms with Crippen LogP contribution in [0.15, 0.2) is 18.2 Å².